The molecule has 2 atom stereocenters. The molecule has 1 aliphatic carbocycles. The van der Waals surface area contributed by atoms with Gasteiger partial charge in [-0.15, -0.1) is 0 Å². The van der Waals surface area contributed by atoms with Gasteiger partial charge in [-0.2, -0.15) is 0 Å². The quantitative estimate of drug-likeness (QED) is 0.489. The molecule has 15 heavy (non-hydrogen) atoms. The molecule has 84 valence electrons. The molecule has 1 saturated carbocycles. The predicted molar refractivity (Wildman–Crippen MR) is 49.9 cm³/mol. The number of rotatable bonds is 2. The molecule has 0 radical (unpaired) electrons. The lowest BCUT2D eigenvalue weighted by atomic mass is 9.81. The van der Waals surface area contributed by atoms with Gasteiger partial charge in [-0.25, -0.2) is 0 Å². The number of carbonyl (C=O) groups is 3. The smallest absolute Gasteiger partial charge is 0.316 e. The van der Waals surface area contributed by atoms with Crippen LogP contribution >= 0.6 is 0 Å². The van der Waals surface area contributed by atoms with E-state index in [0.717, 1.165) is 0 Å². The highest BCUT2D eigenvalue weighted by molar-refractivity contribution is 6.01. The average molecular weight is 214 g/mol. The number of hydrogen-bond acceptors (Lipinski definition) is 5. The van der Waals surface area contributed by atoms with Crippen LogP contribution in [0.25, 0.3) is 0 Å². The summed E-state index contributed by atoms with van der Waals surface area (Å²) < 4.78 is 9.06. The zero-order valence-corrected chi connectivity index (χ0v) is 8.82. The Labute approximate surface area is 87.7 Å². The summed E-state index contributed by atoms with van der Waals surface area (Å²) in [6.07, 6.45) is 0.940. The molecule has 0 aromatic rings. The van der Waals surface area contributed by atoms with E-state index in [1.165, 1.54) is 14.2 Å². The average Bonchev–Trinajstić information content (AvgIpc) is 2.26. The van der Waals surface area contributed by atoms with Gasteiger partial charge in [0.1, 0.15) is 11.7 Å². The van der Waals surface area contributed by atoms with Crippen LogP contribution in [0.3, 0.4) is 0 Å². The Morgan fingerprint density at radius 1 is 1.13 bits per heavy atom. The largest absolute Gasteiger partial charge is 0.469 e. The molecule has 0 aliphatic heterocycles. The maximum absolute atomic E-state index is 11.5. The molecule has 2 unspecified atom stereocenters. The van der Waals surface area contributed by atoms with Crippen molar-refractivity contribution in [1.29, 1.82) is 0 Å². The highest BCUT2D eigenvalue weighted by Crippen LogP contribution is 2.27. The second-order valence-corrected chi connectivity index (χ2v) is 3.54. The van der Waals surface area contributed by atoms with Crippen LogP contribution in [0.2, 0.25) is 0 Å². The van der Waals surface area contributed by atoms with Crippen molar-refractivity contribution in [3.8, 4) is 0 Å². The van der Waals surface area contributed by atoms with Crippen molar-refractivity contribution in [2.75, 3.05) is 14.2 Å². The van der Waals surface area contributed by atoms with E-state index < -0.39 is 17.8 Å². The van der Waals surface area contributed by atoms with Gasteiger partial charge in [0, 0.05) is 6.42 Å². The molecule has 5 heteroatoms. The van der Waals surface area contributed by atoms with Gasteiger partial charge in [-0.3, -0.25) is 14.4 Å². The zero-order valence-electron chi connectivity index (χ0n) is 8.82. The molecular formula is C10H14O5. The number of hydrogen-bond donors (Lipinski definition) is 0. The first kappa shape index (κ1) is 11.7. The molecule has 0 heterocycles. The highest BCUT2D eigenvalue weighted by Gasteiger charge is 2.37. The van der Waals surface area contributed by atoms with Crippen molar-refractivity contribution in [3.05, 3.63) is 0 Å². The Morgan fingerprint density at radius 2 is 1.73 bits per heavy atom. The van der Waals surface area contributed by atoms with Crippen molar-refractivity contribution in [1.82, 2.24) is 0 Å². The van der Waals surface area contributed by atoms with Crippen molar-refractivity contribution >= 4 is 17.7 Å². The first-order valence-corrected chi connectivity index (χ1v) is 4.78. The Kier molecular flexibility index (Phi) is 3.82. The van der Waals surface area contributed by atoms with Crippen molar-refractivity contribution in [3.63, 3.8) is 0 Å². The lowest BCUT2D eigenvalue weighted by Crippen LogP contribution is -2.34. The number of ketones is 1. The van der Waals surface area contributed by atoms with Gasteiger partial charge in [0.2, 0.25) is 0 Å². The van der Waals surface area contributed by atoms with Gasteiger partial charge in [0.05, 0.1) is 20.1 Å². The first-order valence-electron chi connectivity index (χ1n) is 4.78. The summed E-state index contributed by atoms with van der Waals surface area (Å²) >= 11 is 0. The Morgan fingerprint density at radius 3 is 2.20 bits per heavy atom. The summed E-state index contributed by atoms with van der Waals surface area (Å²) in [5.41, 5.74) is 0. The number of Topliss-reactive ketones (excluding diaryl/α,β-unsaturated/α-hetero) is 1. The normalized spacial score (nSPS) is 25.9. The van der Waals surface area contributed by atoms with Crippen LogP contribution < -0.4 is 0 Å². The molecule has 1 aliphatic rings. The summed E-state index contributed by atoms with van der Waals surface area (Å²) in [6, 6.07) is 0. The van der Waals surface area contributed by atoms with Crippen LogP contribution in [-0.2, 0) is 23.9 Å². The maximum atomic E-state index is 11.5. The SMILES string of the molecule is COC(=O)C1CCC(C(=O)OC)C(=O)C1. The lowest BCUT2D eigenvalue weighted by molar-refractivity contribution is -0.156. The van der Waals surface area contributed by atoms with Gasteiger partial charge in [0.15, 0.2) is 0 Å². The minimum atomic E-state index is -0.698. The second-order valence-electron chi connectivity index (χ2n) is 3.54. The number of methoxy groups -OCH3 is 2. The minimum Gasteiger partial charge on any atom is -0.469 e. The zero-order chi connectivity index (χ0) is 11.4. The van der Waals surface area contributed by atoms with E-state index in [1.807, 2.05) is 0 Å². The molecule has 5 nitrogen and oxygen atoms in total. The standard InChI is InChI=1S/C10H14O5/c1-14-9(12)6-3-4-7(8(11)5-6)10(13)15-2/h6-7H,3-5H2,1-2H3. The molecule has 0 bridgehead atoms. The summed E-state index contributed by atoms with van der Waals surface area (Å²) in [6.45, 7) is 0. The predicted octanol–water partition coefficient (Wildman–Crippen LogP) is 0.318. The molecule has 0 saturated heterocycles. The topological polar surface area (TPSA) is 69.7 Å². The van der Waals surface area contributed by atoms with Crippen molar-refractivity contribution < 1.29 is 23.9 Å². The lowest BCUT2D eigenvalue weighted by Gasteiger charge is -2.23. The molecule has 0 N–H and O–H groups in total. The van der Waals surface area contributed by atoms with E-state index in [9.17, 15) is 14.4 Å². The summed E-state index contributed by atoms with van der Waals surface area (Å²) in [7, 11) is 2.54. The van der Waals surface area contributed by atoms with Crippen LogP contribution in [0.5, 0.6) is 0 Å². The van der Waals surface area contributed by atoms with E-state index in [2.05, 4.69) is 9.47 Å². The molecule has 1 rings (SSSR count). The number of carbonyl (C=O) groups excluding carboxylic acids is 3. The molecule has 0 aromatic heterocycles. The Bertz CT molecular complexity index is 284. The number of ether oxygens (including phenoxy) is 2. The monoisotopic (exact) mass is 214 g/mol. The van der Waals surface area contributed by atoms with Crippen LogP contribution in [-0.4, -0.2) is 31.9 Å². The van der Waals surface area contributed by atoms with E-state index in [-0.39, 0.29) is 18.2 Å². The minimum absolute atomic E-state index is 0.0758. The molecule has 0 aromatic carbocycles. The third kappa shape index (κ3) is 2.55. The van der Waals surface area contributed by atoms with Crippen LogP contribution in [0.4, 0.5) is 0 Å². The van der Waals surface area contributed by atoms with Gasteiger partial charge >= 0.3 is 11.9 Å². The van der Waals surface area contributed by atoms with Crippen LogP contribution in [0.15, 0.2) is 0 Å². The van der Waals surface area contributed by atoms with E-state index in [4.69, 9.17) is 0 Å². The molecule has 0 spiro atoms. The highest BCUT2D eigenvalue weighted by atomic mass is 16.5. The van der Waals surface area contributed by atoms with E-state index in [1.54, 1.807) is 0 Å². The second kappa shape index (κ2) is 4.91. The van der Waals surface area contributed by atoms with E-state index >= 15 is 0 Å². The summed E-state index contributed by atoms with van der Waals surface area (Å²) in [5, 5.41) is 0. The summed E-state index contributed by atoms with van der Waals surface area (Å²) in [5.74, 6) is -2.22. The van der Waals surface area contributed by atoms with Crippen LogP contribution in [0.1, 0.15) is 19.3 Å². The van der Waals surface area contributed by atoms with Crippen LogP contribution in [0, 0.1) is 11.8 Å². The Balaban J connectivity index is 2.59. The third-order valence-electron chi connectivity index (χ3n) is 2.66. The fourth-order valence-electron chi connectivity index (χ4n) is 1.78. The fraction of sp³-hybridized carbons (Fsp3) is 0.700. The molecular weight excluding hydrogens is 200 g/mol. The third-order valence-corrected chi connectivity index (χ3v) is 2.66. The van der Waals surface area contributed by atoms with Gasteiger partial charge in [-0.05, 0) is 12.8 Å². The van der Waals surface area contributed by atoms with Gasteiger partial charge in [0.25, 0.3) is 0 Å². The molecule has 1 fully saturated rings. The van der Waals surface area contributed by atoms with Gasteiger partial charge in [-0.1, -0.05) is 0 Å². The first-order chi connectivity index (χ1) is 7.10. The van der Waals surface area contributed by atoms with Gasteiger partial charge < -0.3 is 9.47 Å². The molecule has 0 amide bonds. The maximum Gasteiger partial charge on any atom is 0.316 e. The van der Waals surface area contributed by atoms with Crippen molar-refractivity contribution in [2.45, 2.75) is 19.3 Å². The fourth-order valence-corrected chi connectivity index (χ4v) is 1.78. The van der Waals surface area contributed by atoms with E-state index in [0.29, 0.717) is 12.8 Å². The summed E-state index contributed by atoms with van der Waals surface area (Å²) in [4.78, 5) is 33.8. The Hall–Kier alpha value is -1.39. The van der Waals surface area contributed by atoms with Crippen molar-refractivity contribution in [2.24, 2.45) is 11.8 Å². The number of esters is 2.